The molecule has 0 fully saturated rings. The molecule has 1 aromatic heterocycles. The number of aromatic nitrogens is 1. The van der Waals surface area contributed by atoms with E-state index in [0.717, 1.165) is 12.8 Å². The largest absolute Gasteiger partial charge is 0.383 e. The molecule has 0 aliphatic rings. The average Bonchev–Trinajstić information content (AvgIpc) is 3.31. The molecule has 0 aliphatic carbocycles. The van der Waals surface area contributed by atoms with Crippen molar-refractivity contribution >= 4 is 29.0 Å². The maximum atomic E-state index is 13.9. The third-order valence-corrected chi connectivity index (χ3v) is 6.00. The van der Waals surface area contributed by atoms with Crippen LogP contribution in [0.5, 0.6) is 0 Å². The number of amides is 3. The Kier molecular flexibility index (Phi) is 9.54. The lowest BCUT2D eigenvalue weighted by atomic mass is 10.1. The minimum atomic E-state index is -0.517. The zero-order chi connectivity index (χ0) is 24.3. The van der Waals surface area contributed by atoms with E-state index in [0.29, 0.717) is 17.3 Å². The number of aryl methyl sites for hydroxylation is 1. The Morgan fingerprint density at radius 1 is 1.15 bits per heavy atom. The van der Waals surface area contributed by atoms with E-state index in [1.807, 2.05) is 25.1 Å². The van der Waals surface area contributed by atoms with E-state index in [4.69, 9.17) is 4.74 Å². The molecule has 1 atom stereocenters. The van der Waals surface area contributed by atoms with E-state index in [1.54, 1.807) is 17.5 Å². The Bertz CT molecular complexity index is 1080. The first-order valence-electron chi connectivity index (χ1n) is 11.0. The van der Waals surface area contributed by atoms with Crippen LogP contribution in [0.2, 0.25) is 0 Å². The maximum Gasteiger partial charge on any atom is 0.322 e. The van der Waals surface area contributed by atoms with Crippen LogP contribution in [0.15, 0.2) is 60.0 Å². The van der Waals surface area contributed by atoms with Crippen LogP contribution in [0.3, 0.4) is 0 Å². The van der Waals surface area contributed by atoms with Gasteiger partial charge in [-0.05, 0) is 37.5 Å². The van der Waals surface area contributed by atoms with Gasteiger partial charge >= 0.3 is 6.03 Å². The molecule has 2 N–H and O–H groups in total. The van der Waals surface area contributed by atoms with Gasteiger partial charge in [-0.1, -0.05) is 42.5 Å². The number of carbonyl (C=O) groups excluding carboxylic acids is 2. The molecule has 0 spiro atoms. The van der Waals surface area contributed by atoms with Crippen LogP contribution >= 0.6 is 11.3 Å². The minimum Gasteiger partial charge on any atom is -0.383 e. The van der Waals surface area contributed by atoms with Gasteiger partial charge in [0.05, 0.1) is 18.8 Å². The second-order valence-electron chi connectivity index (χ2n) is 7.85. The summed E-state index contributed by atoms with van der Waals surface area (Å²) >= 11 is 1.30. The lowest BCUT2D eigenvalue weighted by Crippen LogP contribution is -2.37. The Balaban J connectivity index is 1.57. The number of methoxy groups -OCH3 is 1. The van der Waals surface area contributed by atoms with Crippen molar-refractivity contribution in [3.63, 3.8) is 0 Å². The Labute approximate surface area is 203 Å². The number of hydrogen-bond acceptors (Lipinski definition) is 5. The molecule has 9 heteroatoms. The zero-order valence-electron chi connectivity index (χ0n) is 19.3. The fraction of sp³-hybridized carbons (Fsp3) is 0.320. The van der Waals surface area contributed by atoms with Gasteiger partial charge < -0.3 is 20.3 Å². The first kappa shape index (κ1) is 25.3. The number of thiazole rings is 1. The van der Waals surface area contributed by atoms with Crippen LogP contribution in [0.1, 0.15) is 34.4 Å². The molecule has 34 heavy (non-hydrogen) atoms. The molecule has 0 aliphatic heterocycles. The number of nitrogens with one attached hydrogen (secondary N) is 2. The van der Waals surface area contributed by atoms with Crippen molar-refractivity contribution in [1.82, 2.24) is 15.2 Å². The second kappa shape index (κ2) is 12.8. The zero-order valence-corrected chi connectivity index (χ0v) is 20.1. The summed E-state index contributed by atoms with van der Waals surface area (Å²) in [6, 6.07) is 15.6. The van der Waals surface area contributed by atoms with Gasteiger partial charge in [0, 0.05) is 25.1 Å². The normalized spacial score (nSPS) is 11.6. The fourth-order valence-electron chi connectivity index (χ4n) is 3.26. The van der Waals surface area contributed by atoms with Crippen LogP contribution in [0, 0.1) is 5.82 Å². The van der Waals surface area contributed by atoms with Gasteiger partial charge in [-0.3, -0.25) is 4.79 Å². The van der Waals surface area contributed by atoms with Crippen molar-refractivity contribution in [2.24, 2.45) is 0 Å². The number of rotatable bonds is 11. The Morgan fingerprint density at radius 2 is 1.88 bits per heavy atom. The van der Waals surface area contributed by atoms with Gasteiger partial charge in [0.1, 0.15) is 16.5 Å². The van der Waals surface area contributed by atoms with Crippen LogP contribution in [0.4, 0.5) is 14.9 Å². The third-order valence-electron chi connectivity index (χ3n) is 5.16. The molecule has 1 heterocycles. The molecule has 7 nitrogen and oxygen atoms in total. The van der Waals surface area contributed by atoms with Gasteiger partial charge in [-0.2, -0.15) is 0 Å². The number of hydrogen-bond donors (Lipinski definition) is 2. The second-order valence-corrected chi connectivity index (χ2v) is 8.79. The van der Waals surface area contributed by atoms with Gasteiger partial charge in [-0.15, -0.1) is 11.3 Å². The minimum absolute atomic E-state index is 0.0115. The van der Waals surface area contributed by atoms with Crippen molar-refractivity contribution in [3.05, 3.63) is 82.1 Å². The van der Waals surface area contributed by atoms with E-state index in [1.165, 1.54) is 41.0 Å². The molecule has 1 unspecified atom stereocenters. The molecule has 3 aromatic rings. The van der Waals surface area contributed by atoms with Gasteiger partial charge in [-0.25, -0.2) is 14.2 Å². The maximum absolute atomic E-state index is 13.9. The highest BCUT2D eigenvalue weighted by molar-refractivity contribution is 7.09. The number of ether oxygens (including phenoxy) is 1. The predicted octanol–water partition coefficient (Wildman–Crippen LogP) is 4.71. The quantitative estimate of drug-likeness (QED) is 0.413. The van der Waals surface area contributed by atoms with E-state index in [9.17, 15) is 14.0 Å². The molecule has 3 rings (SSSR count). The summed E-state index contributed by atoms with van der Waals surface area (Å²) in [6.07, 6.45) is 1.68. The summed E-state index contributed by atoms with van der Waals surface area (Å²) < 4.78 is 19.0. The van der Waals surface area contributed by atoms with Crippen LogP contribution in [0.25, 0.3) is 0 Å². The number of carbonyl (C=O) groups is 2. The van der Waals surface area contributed by atoms with Crippen LogP contribution in [-0.2, 0) is 17.7 Å². The van der Waals surface area contributed by atoms with Crippen molar-refractivity contribution in [2.75, 3.05) is 25.6 Å². The molecular formula is C25H29FN4O3S. The van der Waals surface area contributed by atoms with Crippen molar-refractivity contribution < 1.29 is 18.7 Å². The number of para-hydroxylation sites is 1. The first-order chi connectivity index (χ1) is 16.5. The predicted molar refractivity (Wildman–Crippen MR) is 132 cm³/mol. The van der Waals surface area contributed by atoms with Gasteiger partial charge in [0.15, 0.2) is 0 Å². The third kappa shape index (κ3) is 7.64. The van der Waals surface area contributed by atoms with Crippen LogP contribution in [-0.4, -0.2) is 48.1 Å². The van der Waals surface area contributed by atoms with Crippen molar-refractivity contribution in [2.45, 2.75) is 32.4 Å². The summed E-state index contributed by atoms with van der Waals surface area (Å²) in [5, 5.41) is 7.83. The summed E-state index contributed by atoms with van der Waals surface area (Å²) in [4.78, 5) is 31.2. The van der Waals surface area contributed by atoms with E-state index in [-0.39, 0.29) is 30.7 Å². The van der Waals surface area contributed by atoms with E-state index >= 15 is 0 Å². The molecular weight excluding hydrogens is 455 g/mol. The lowest BCUT2D eigenvalue weighted by Gasteiger charge is -2.22. The van der Waals surface area contributed by atoms with E-state index < -0.39 is 11.8 Å². The summed E-state index contributed by atoms with van der Waals surface area (Å²) in [5.41, 5.74) is 1.63. The molecule has 180 valence electrons. The number of anilines is 1. The molecule has 2 aromatic carbocycles. The smallest absolute Gasteiger partial charge is 0.322 e. The van der Waals surface area contributed by atoms with Crippen LogP contribution < -0.4 is 10.6 Å². The van der Waals surface area contributed by atoms with Crippen molar-refractivity contribution in [1.29, 1.82) is 0 Å². The first-order valence-corrected chi connectivity index (χ1v) is 11.9. The average molecular weight is 485 g/mol. The number of benzene rings is 2. The number of nitrogens with zero attached hydrogens (tertiary/aromatic N) is 2. The molecule has 0 bridgehead atoms. The number of urea groups is 1. The van der Waals surface area contributed by atoms with Gasteiger partial charge in [0.25, 0.3) is 5.91 Å². The van der Waals surface area contributed by atoms with Gasteiger partial charge in [0.2, 0.25) is 0 Å². The highest BCUT2D eigenvalue weighted by atomic mass is 32.1. The Hall–Kier alpha value is -3.30. The Morgan fingerprint density at radius 3 is 2.62 bits per heavy atom. The van der Waals surface area contributed by atoms with E-state index in [2.05, 4.69) is 27.8 Å². The SMILES string of the molecule is COCCN(Cc1nc(C(=O)NC(C)CCc2ccccc2)cs1)C(=O)Nc1ccccc1F. The fourth-order valence-corrected chi connectivity index (χ4v) is 4.05. The monoisotopic (exact) mass is 484 g/mol. The lowest BCUT2D eigenvalue weighted by molar-refractivity contribution is 0.0933. The molecule has 0 radical (unpaired) electrons. The highest BCUT2D eigenvalue weighted by Crippen LogP contribution is 2.16. The molecule has 0 saturated carbocycles. The standard InChI is InChI=1S/C25H29FN4O3S/c1-18(12-13-19-8-4-3-5-9-19)27-24(31)22-17-34-23(28-22)16-30(14-15-33-2)25(32)29-21-11-7-6-10-20(21)26/h3-11,17-18H,12-16H2,1-2H3,(H,27,31)(H,29,32). The molecule has 0 saturated heterocycles. The number of halogens is 1. The van der Waals surface area contributed by atoms with Crippen molar-refractivity contribution in [3.8, 4) is 0 Å². The topological polar surface area (TPSA) is 83.6 Å². The summed E-state index contributed by atoms with van der Waals surface area (Å²) in [5.74, 6) is -0.764. The summed E-state index contributed by atoms with van der Waals surface area (Å²) in [7, 11) is 1.54. The highest BCUT2D eigenvalue weighted by Gasteiger charge is 2.19. The molecule has 3 amide bonds. The summed E-state index contributed by atoms with van der Waals surface area (Å²) in [6.45, 7) is 2.73.